The monoisotopic (exact) mass is 276 g/mol. The Morgan fingerprint density at radius 2 is 1.67 bits per heavy atom. The molecule has 0 bridgehead atoms. The van der Waals surface area contributed by atoms with Gasteiger partial charge in [-0.3, -0.25) is 0 Å². The molecule has 4 nitrogen and oxygen atoms in total. The maximum atomic E-state index is 11.1. The van der Waals surface area contributed by atoms with Gasteiger partial charge >= 0.3 is 0 Å². The molecule has 0 saturated carbocycles. The largest absolute Gasteiger partial charge is 0.236 e. The summed E-state index contributed by atoms with van der Waals surface area (Å²) in [5, 5.41) is 0. The van der Waals surface area contributed by atoms with E-state index in [1.54, 1.807) is 12.2 Å². The van der Waals surface area contributed by atoms with E-state index in [1.165, 1.54) is 0 Å². The second-order valence-electron chi connectivity index (χ2n) is 4.93. The number of nitrogens with zero attached hydrogens (tertiary/aromatic N) is 2. The standard InChI is InChI=1S/C17H12N2O2/c20-11-18-16-10-13-6-4-5-9-15(13)17(16,19-12-21)14-7-2-1-3-8-14/h1-9,16H,10H2. The van der Waals surface area contributed by atoms with Crippen LogP contribution in [0.4, 0.5) is 0 Å². The molecule has 0 saturated heterocycles. The van der Waals surface area contributed by atoms with Gasteiger partial charge in [-0.1, -0.05) is 54.6 Å². The summed E-state index contributed by atoms with van der Waals surface area (Å²) in [4.78, 5) is 29.9. The molecule has 3 rings (SSSR count). The predicted molar refractivity (Wildman–Crippen MR) is 77.4 cm³/mol. The summed E-state index contributed by atoms with van der Waals surface area (Å²) in [7, 11) is 0. The van der Waals surface area contributed by atoms with Gasteiger partial charge in [-0.15, -0.1) is 0 Å². The van der Waals surface area contributed by atoms with Crippen LogP contribution in [0.3, 0.4) is 0 Å². The second kappa shape index (κ2) is 5.29. The fourth-order valence-corrected chi connectivity index (χ4v) is 3.12. The van der Waals surface area contributed by atoms with E-state index in [4.69, 9.17) is 0 Å². The first-order valence-electron chi connectivity index (χ1n) is 6.63. The van der Waals surface area contributed by atoms with E-state index in [-0.39, 0.29) is 0 Å². The molecule has 21 heavy (non-hydrogen) atoms. The molecule has 2 unspecified atom stereocenters. The van der Waals surface area contributed by atoms with Crippen molar-refractivity contribution in [2.45, 2.75) is 18.0 Å². The van der Waals surface area contributed by atoms with Crippen LogP contribution in [-0.2, 0) is 21.5 Å². The molecule has 0 radical (unpaired) electrons. The van der Waals surface area contributed by atoms with E-state index in [0.29, 0.717) is 6.42 Å². The topological polar surface area (TPSA) is 58.9 Å². The molecule has 1 aliphatic rings. The van der Waals surface area contributed by atoms with Gasteiger partial charge in [-0.25, -0.2) is 9.59 Å². The van der Waals surface area contributed by atoms with Gasteiger partial charge in [0.25, 0.3) is 0 Å². The van der Waals surface area contributed by atoms with E-state index in [1.807, 2.05) is 54.6 Å². The van der Waals surface area contributed by atoms with Crippen molar-refractivity contribution in [3.63, 3.8) is 0 Å². The molecule has 2 atom stereocenters. The molecule has 0 heterocycles. The van der Waals surface area contributed by atoms with Crippen LogP contribution in [0.25, 0.3) is 0 Å². The number of benzene rings is 2. The maximum absolute atomic E-state index is 11.1. The molecule has 102 valence electrons. The molecule has 0 amide bonds. The Hall–Kier alpha value is -2.80. The van der Waals surface area contributed by atoms with Crippen molar-refractivity contribution < 1.29 is 9.59 Å². The van der Waals surface area contributed by atoms with E-state index in [9.17, 15) is 9.59 Å². The smallest absolute Gasteiger partial charge is 0.211 e. The first-order valence-corrected chi connectivity index (χ1v) is 6.63. The van der Waals surface area contributed by atoms with Crippen molar-refractivity contribution in [1.29, 1.82) is 0 Å². The van der Waals surface area contributed by atoms with E-state index in [0.717, 1.165) is 16.7 Å². The first-order chi connectivity index (χ1) is 10.3. The van der Waals surface area contributed by atoms with Crippen LogP contribution in [-0.4, -0.2) is 18.2 Å². The molecular weight excluding hydrogens is 264 g/mol. The minimum Gasteiger partial charge on any atom is -0.211 e. The zero-order valence-corrected chi connectivity index (χ0v) is 11.2. The summed E-state index contributed by atoms with van der Waals surface area (Å²) in [6.45, 7) is 0. The van der Waals surface area contributed by atoms with Crippen molar-refractivity contribution >= 4 is 12.2 Å². The van der Waals surface area contributed by atoms with Crippen LogP contribution < -0.4 is 0 Å². The Labute approximate surface area is 121 Å². The number of carbonyl (C=O) groups excluding carboxylic acids is 2. The SMILES string of the molecule is O=C=NC1Cc2ccccc2C1(N=C=O)c1ccccc1. The lowest BCUT2D eigenvalue weighted by Gasteiger charge is -2.28. The minimum atomic E-state index is -0.989. The zero-order chi connectivity index (χ0) is 14.7. The molecule has 2 aromatic rings. The highest BCUT2D eigenvalue weighted by Gasteiger charge is 2.49. The van der Waals surface area contributed by atoms with E-state index in [2.05, 4.69) is 9.98 Å². The van der Waals surface area contributed by atoms with Gasteiger partial charge < -0.3 is 0 Å². The Balaban J connectivity index is 2.34. The van der Waals surface area contributed by atoms with Gasteiger partial charge in [0, 0.05) is 0 Å². The molecule has 0 aromatic heterocycles. The number of isocyanates is 2. The average Bonchev–Trinajstić information content (AvgIpc) is 2.84. The van der Waals surface area contributed by atoms with Crippen molar-refractivity contribution in [3.05, 3.63) is 71.3 Å². The molecule has 0 N–H and O–H groups in total. The van der Waals surface area contributed by atoms with Gasteiger partial charge in [0.2, 0.25) is 12.2 Å². The van der Waals surface area contributed by atoms with Gasteiger partial charge in [0.1, 0.15) is 11.6 Å². The van der Waals surface area contributed by atoms with Crippen LogP contribution in [0, 0.1) is 0 Å². The summed E-state index contributed by atoms with van der Waals surface area (Å²) in [5.74, 6) is 0. The molecule has 4 heteroatoms. The number of hydrogen-bond donors (Lipinski definition) is 0. The van der Waals surface area contributed by atoms with Crippen molar-refractivity contribution in [3.8, 4) is 0 Å². The number of fused-ring (bicyclic) bond motifs is 1. The minimum absolute atomic E-state index is 0.476. The third kappa shape index (κ3) is 1.95. The average molecular weight is 276 g/mol. The fourth-order valence-electron chi connectivity index (χ4n) is 3.12. The normalized spacial score (nSPS) is 22.8. The lowest BCUT2D eigenvalue weighted by atomic mass is 9.82. The Kier molecular flexibility index (Phi) is 3.33. The van der Waals surface area contributed by atoms with Crippen molar-refractivity contribution in [2.75, 3.05) is 0 Å². The van der Waals surface area contributed by atoms with Crippen LogP contribution in [0.15, 0.2) is 64.6 Å². The molecule has 0 aliphatic heterocycles. The first kappa shape index (κ1) is 13.2. The lowest BCUT2D eigenvalue weighted by Crippen LogP contribution is -2.34. The Morgan fingerprint density at radius 1 is 0.952 bits per heavy atom. The Bertz CT molecular complexity index is 759. The molecule has 0 spiro atoms. The van der Waals surface area contributed by atoms with Gasteiger partial charge in [-0.05, 0) is 23.1 Å². The number of hydrogen-bond acceptors (Lipinski definition) is 4. The number of rotatable bonds is 3. The van der Waals surface area contributed by atoms with Gasteiger partial charge in [0.15, 0.2) is 0 Å². The number of aliphatic imine (C=N–C) groups is 2. The van der Waals surface area contributed by atoms with E-state index < -0.39 is 11.6 Å². The summed E-state index contributed by atoms with van der Waals surface area (Å²) in [6.07, 6.45) is 3.82. The van der Waals surface area contributed by atoms with Gasteiger partial charge in [0.05, 0.1) is 0 Å². The summed E-state index contributed by atoms with van der Waals surface area (Å²) in [5.41, 5.74) is 1.76. The lowest BCUT2D eigenvalue weighted by molar-refractivity contribution is 0.449. The summed E-state index contributed by atoms with van der Waals surface area (Å²) >= 11 is 0. The third-order valence-electron chi connectivity index (χ3n) is 3.97. The predicted octanol–water partition coefficient (Wildman–Crippen LogP) is 2.53. The van der Waals surface area contributed by atoms with Crippen LogP contribution in [0.1, 0.15) is 16.7 Å². The zero-order valence-electron chi connectivity index (χ0n) is 11.2. The van der Waals surface area contributed by atoms with Crippen LogP contribution in [0.2, 0.25) is 0 Å². The van der Waals surface area contributed by atoms with Crippen LogP contribution >= 0.6 is 0 Å². The molecule has 2 aromatic carbocycles. The molecule has 0 fully saturated rings. The van der Waals surface area contributed by atoms with E-state index >= 15 is 0 Å². The van der Waals surface area contributed by atoms with Gasteiger partial charge in [-0.2, -0.15) is 9.98 Å². The highest BCUT2D eigenvalue weighted by Crippen LogP contribution is 2.46. The summed E-state index contributed by atoms with van der Waals surface area (Å²) < 4.78 is 0. The highest BCUT2D eigenvalue weighted by atomic mass is 16.1. The molecular formula is C17H12N2O2. The molecule has 1 aliphatic carbocycles. The summed E-state index contributed by atoms with van der Waals surface area (Å²) in [6, 6.07) is 16.6. The van der Waals surface area contributed by atoms with Crippen LogP contribution in [0.5, 0.6) is 0 Å². The third-order valence-corrected chi connectivity index (χ3v) is 3.97. The maximum Gasteiger partial charge on any atom is 0.236 e. The second-order valence-corrected chi connectivity index (χ2v) is 4.93. The van der Waals surface area contributed by atoms with Crippen molar-refractivity contribution in [1.82, 2.24) is 0 Å². The highest BCUT2D eigenvalue weighted by molar-refractivity contribution is 5.55. The van der Waals surface area contributed by atoms with Crippen molar-refractivity contribution in [2.24, 2.45) is 9.98 Å². The Morgan fingerprint density at radius 3 is 2.38 bits per heavy atom. The fraction of sp³-hybridized carbons (Fsp3) is 0.176. The quantitative estimate of drug-likeness (QED) is 0.639.